The van der Waals surface area contributed by atoms with Crippen LogP contribution in [0.1, 0.15) is 12.5 Å². The van der Waals surface area contributed by atoms with Gasteiger partial charge < -0.3 is 4.90 Å². The van der Waals surface area contributed by atoms with Crippen molar-refractivity contribution in [1.82, 2.24) is 18.9 Å². The average molecular weight is 356 g/mol. The zero-order valence-electron chi connectivity index (χ0n) is 15.2. The molecule has 0 N–H and O–H groups in total. The molecule has 1 unspecified atom stereocenters. The molecule has 1 aliphatic rings. The summed E-state index contributed by atoms with van der Waals surface area (Å²) in [5, 5.41) is 0. The Hall–Kier alpha value is -2.67. The lowest BCUT2D eigenvalue weighted by molar-refractivity contribution is -0.136. The van der Waals surface area contributed by atoms with E-state index in [1.165, 1.54) is 29.4 Å². The number of piperazine rings is 1. The average Bonchev–Trinajstić information content (AvgIpc) is 2.63. The molecule has 0 radical (unpaired) electrons. The van der Waals surface area contributed by atoms with Crippen molar-refractivity contribution in [2.24, 2.45) is 7.05 Å². The van der Waals surface area contributed by atoms with E-state index in [0.29, 0.717) is 6.54 Å². The van der Waals surface area contributed by atoms with Gasteiger partial charge in [-0.1, -0.05) is 30.3 Å². The molecule has 0 spiro atoms. The quantitative estimate of drug-likeness (QED) is 0.789. The maximum atomic E-state index is 12.7. The summed E-state index contributed by atoms with van der Waals surface area (Å²) in [6.45, 7) is 5.07. The minimum atomic E-state index is -0.471. The molecule has 1 aromatic heterocycles. The van der Waals surface area contributed by atoms with Gasteiger partial charge in [0.25, 0.3) is 5.56 Å². The molecule has 0 saturated carbocycles. The predicted octanol–water partition coefficient (Wildman–Crippen LogP) is 0.280. The van der Waals surface area contributed by atoms with E-state index < -0.39 is 5.69 Å². The first-order valence-electron chi connectivity index (χ1n) is 8.78. The Kier molecular flexibility index (Phi) is 5.37. The van der Waals surface area contributed by atoms with Crippen LogP contribution in [0.25, 0.3) is 0 Å². The largest absolute Gasteiger partial charge is 0.336 e. The Labute approximate surface area is 152 Å². The van der Waals surface area contributed by atoms with Crippen LogP contribution in [0.2, 0.25) is 0 Å². The minimum Gasteiger partial charge on any atom is -0.336 e. The molecule has 1 saturated heterocycles. The van der Waals surface area contributed by atoms with E-state index in [9.17, 15) is 14.4 Å². The van der Waals surface area contributed by atoms with Crippen LogP contribution < -0.4 is 11.2 Å². The van der Waals surface area contributed by atoms with Gasteiger partial charge in [-0.05, 0) is 12.5 Å². The van der Waals surface area contributed by atoms with Crippen molar-refractivity contribution >= 4 is 5.91 Å². The lowest BCUT2D eigenvalue weighted by atomic mass is 10.1. The number of carbonyl (C=O) groups is 1. The second-order valence-electron chi connectivity index (χ2n) is 6.78. The van der Waals surface area contributed by atoms with Crippen LogP contribution in [-0.4, -0.2) is 50.5 Å². The molecule has 1 aromatic carbocycles. The molecule has 1 fully saturated rings. The van der Waals surface area contributed by atoms with Crippen LogP contribution in [0.5, 0.6) is 0 Å². The zero-order valence-corrected chi connectivity index (χ0v) is 15.2. The Morgan fingerprint density at radius 2 is 1.85 bits per heavy atom. The van der Waals surface area contributed by atoms with Gasteiger partial charge in [0.15, 0.2) is 0 Å². The molecule has 26 heavy (non-hydrogen) atoms. The summed E-state index contributed by atoms with van der Waals surface area (Å²) in [7, 11) is 1.41. The minimum absolute atomic E-state index is 0.0457. The van der Waals surface area contributed by atoms with E-state index in [0.717, 1.165) is 24.2 Å². The molecule has 7 nitrogen and oxygen atoms in total. The monoisotopic (exact) mass is 356 g/mol. The van der Waals surface area contributed by atoms with E-state index in [1.54, 1.807) is 0 Å². The number of hydrogen-bond acceptors (Lipinski definition) is 4. The molecular weight excluding hydrogens is 332 g/mol. The third-order valence-electron chi connectivity index (χ3n) is 4.85. The highest BCUT2D eigenvalue weighted by Gasteiger charge is 2.27. The second-order valence-corrected chi connectivity index (χ2v) is 6.78. The molecule has 2 aromatic rings. The Morgan fingerprint density at radius 3 is 2.54 bits per heavy atom. The van der Waals surface area contributed by atoms with Gasteiger partial charge in [-0.25, -0.2) is 4.79 Å². The molecule has 0 bridgehead atoms. The first kappa shape index (κ1) is 18.1. The number of hydrogen-bond donors (Lipinski definition) is 0. The molecule has 1 atom stereocenters. The van der Waals surface area contributed by atoms with Crippen LogP contribution >= 0.6 is 0 Å². The Morgan fingerprint density at radius 1 is 1.12 bits per heavy atom. The van der Waals surface area contributed by atoms with Gasteiger partial charge in [0.2, 0.25) is 5.91 Å². The van der Waals surface area contributed by atoms with E-state index in [1.807, 2.05) is 30.0 Å². The fourth-order valence-corrected chi connectivity index (χ4v) is 3.36. The summed E-state index contributed by atoms with van der Waals surface area (Å²) in [4.78, 5) is 40.4. The van der Waals surface area contributed by atoms with E-state index in [-0.39, 0.29) is 24.1 Å². The van der Waals surface area contributed by atoms with Gasteiger partial charge in [0, 0.05) is 51.5 Å². The van der Waals surface area contributed by atoms with Crippen LogP contribution in [0.15, 0.2) is 52.2 Å². The van der Waals surface area contributed by atoms with Crippen LogP contribution in [0.3, 0.4) is 0 Å². The van der Waals surface area contributed by atoms with Gasteiger partial charge in [0.1, 0.15) is 6.54 Å². The van der Waals surface area contributed by atoms with E-state index in [2.05, 4.69) is 17.0 Å². The van der Waals surface area contributed by atoms with Crippen LogP contribution in [0.4, 0.5) is 0 Å². The van der Waals surface area contributed by atoms with Gasteiger partial charge >= 0.3 is 5.69 Å². The summed E-state index contributed by atoms with van der Waals surface area (Å²) in [5.74, 6) is -0.0994. The van der Waals surface area contributed by atoms with Crippen molar-refractivity contribution in [3.8, 4) is 0 Å². The van der Waals surface area contributed by atoms with Crippen LogP contribution in [0, 0.1) is 0 Å². The van der Waals surface area contributed by atoms with Gasteiger partial charge in [-0.15, -0.1) is 0 Å². The molecular formula is C19H24N4O3. The first-order valence-corrected chi connectivity index (χ1v) is 8.78. The molecule has 7 heteroatoms. The number of aromatic nitrogens is 2. The van der Waals surface area contributed by atoms with Gasteiger partial charge in [-0.2, -0.15) is 0 Å². The number of nitrogens with zero attached hydrogens (tertiary/aromatic N) is 4. The third kappa shape index (κ3) is 3.94. The van der Waals surface area contributed by atoms with Crippen molar-refractivity contribution in [1.29, 1.82) is 0 Å². The highest BCUT2D eigenvalue weighted by Crippen LogP contribution is 2.13. The molecule has 3 rings (SSSR count). The van der Waals surface area contributed by atoms with Crippen molar-refractivity contribution in [2.75, 3.05) is 19.6 Å². The molecule has 2 heterocycles. The summed E-state index contributed by atoms with van der Waals surface area (Å²) in [6.07, 6.45) is 1.39. The lowest BCUT2D eigenvalue weighted by Gasteiger charge is -2.40. The Balaban J connectivity index is 1.62. The van der Waals surface area contributed by atoms with Gasteiger partial charge in [-0.3, -0.25) is 23.6 Å². The van der Waals surface area contributed by atoms with Crippen molar-refractivity contribution in [2.45, 2.75) is 26.1 Å². The van der Waals surface area contributed by atoms with Crippen molar-refractivity contribution < 1.29 is 4.79 Å². The van der Waals surface area contributed by atoms with Crippen molar-refractivity contribution in [3.05, 3.63) is 69.0 Å². The number of carbonyl (C=O) groups excluding carboxylic acids is 1. The summed E-state index contributed by atoms with van der Waals surface area (Å²) in [6, 6.07) is 11.7. The number of rotatable bonds is 4. The predicted molar refractivity (Wildman–Crippen MR) is 98.8 cm³/mol. The number of amides is 1. The molecule has 1 amide bonds. The smallest absolute Gasteiger partial charge is 0.331 e. The van der Waals surface area contributed by atoms with Gasteiger partial charge in [0.05, 0.1) is 0 Å². The SMILES string of the molecule is CC1CN(Cc2ccccc2)CCN1C(=O)Cn1ccc(=O)n(C)c1=O. The number of benzene rings is 1. The van der Waals surface area contributed by atoms with Crippen molar-refractivity contribution in [3.63, 3.8) is 0 Å². The normalized spacial score (nSPS) is 18.1. The maximum absolute atomic E-state index is 12.7. The standard InChI is InChI=1S/C19H24N4O3/c1-15-12-21(13-16-6-4-3-5-7-16)10-11-23(15)18(25)14-22-9-8-17(24)20(2)19(22)26/h3-9,15H,10-14H2,1-2H3. The van der Waals surface area contributed by atoms with E-state index in [4.69, 9.17) is 0 Å². The fourth-order valence-electron chi connectivity index (χ4n) is 3.36. The summed E-state index contributed by atoms with van der Waals surface area (Å²) in [5.41, 5.74) is 0.416. The molecule has 0 aliphatic carbocycles. The zero-order chi connectivity index (χ0) is 18.7. The maximum Gasteiger partial charge on any atom is 0.331 e. The highest BCUT2D eigenvalue weighted by molar-refractivity contribution is 5.76. The highest BCUT2D eigenvalue weighted by atomic mass is 16.2. The van der Waals surface area contributed by atoms with Crippen LogP contribution in [-0.2, 0) is 24.9 Å². The molecule has 138 valence electrons. The summed E-state index contributed by atoms with van der Waals surface area (Å²) >= 11 is 0. The summed E-state index contributed by atoms with van der Waals surface area (Å²) < 4.78 is 2.29. The lowest BCUT2D eigenvalue weighted by Crippen LogP contribution is -2.54. The second kappa shape index (κ2) is 7.70. The Bertz CT molecular complexity index is 888. The fraction of sp³-hybridized carbons (Fsp3) is 0.421. The first-order chi connectivity index (χ1) is 12.5. The molecule has 1 aliphatic heterocycles. The van der Waals surface area contributed by atoms with E-state index >= 15 is 0 Å². The topological polar surface area (TPSA) is 67.5 Å². The third-order valence-corrected chi connectivity index (χ3v) is 4.85.